The molecule has 1 aromatic rings. The van der Waals surface area contributed by atoms with E-state index in [2.05, 4.69) is 40.5 Å². The van der Waals surface area contributed by atoms with E-state index < -0.39 is 23.9 Å². The molecule has 28 heavy (non-hydrogen) atoms. The molecule has 1 fully saturated rings. The van der Waals surface area contributed by atoms with Crippen LogP contribution in [0.4, 0.5) is 5.69 Å². The summed E-state index contributed by atoms with van der Waals surface area (Å²) in [6.45, 7) is 4.47. The van der Waals surface area contributed by atoms with E-state index in [1.807, 2.05) is 0 Å². The summed E-state index contributed by atoms with van der Waals surface area (Å²) in [6.07, 6.45) is 2.23. The fourth-order valence-corrected chi connectivity index (χ4v) is 1.85. The molecule has 2 rings (SSSR count). The second-order valence-corrected chi connectivity index (χ2v) is 5.09. The Hall–Kier alpha value is -3.66. The molecule has 1 aromatic carbocycles. The maximum Gasteiger partial charge on any atom is 0.328 e. The average Bonchev–Trinajstić information content (AvgIpc) is 2.67. The second kappa shape index (κ2) is 14.5. The van der Waals surface area contributed by atoms with Gasteiger partial charge < -0.3 is 30.6 Å². The van der Waals surface area contributed by atoms with Crippen molar-refractivity contribution in [3.05, 3.63) is 54.6 Å². The molecular formula is C18H22N2O8. The Balaban J connectivity index is 0.000000408. The molecule has 0 unspecified atom stereocenters. The number of nitrogens with zero attached hydrogens (tertiary/aromatic N) is 1. The number of nitrogens with one attached hydrogen (secondary N) is 1. The Morgan fingerprint density at radius 3 is 1.39 bits per heavy atom. The highest BCUT2D eigenvalue weighted by Crippen LogP contribution is 2.12. The van der Waals surface area contributed by atoms with Gasteiger partial charge in [-0.1, -0.05) is 18.2 Å². The van der Waals surface area contributed by atoms with E-state index in [-0.39, 0.29) is 0 Å². The van der Waals surface area contributed by atoms with Crippen molar-refractivity contribution in [1.82, 2.24) is 5.32 Å². The number of anilines is 1. The predicted molar refractivity (Wildman–Crippen MR) is 100 cm³/mol. The number of carboxylic acids is 4. The van der Waals surface area contributed by atoms with E-state index in [0.29, 0.717) is 24.3 Å². The molecular weight excluding hydrogens is 372 g/mol. The summed E-state index contributed by atoms with van der Waals surface area (Å²) in [5.41, 5.74) is 1.35. The summed E-state index contributed by atoms with van der Waals surface area (Å²) in [5.74, 6) is -5.03. The van der Waals surface area contributed by atoms with Gasteiger partial charge in [0.2, 0.25) is 0 Å². The van der Waals surface area contributed by atoms with Gasteiger partial charge in [0.05, 0.1) is 0 Å². The number of carbonyl (C=O) groups is 4. The zero-order valence-electron chi connectivity index (χ0n) is 14.9. The Morgan fingerprint density at radius 2 is 1.07 bits per heavy atom. The molecule has 5 N–H and O–H groups in total. The van der Waals surface area contributed by atoms with Crippen LogP contribution < -0.4 is 10.2 Å². The third-order valence-corrected chi connectivity index (χ3v) is 2.98. The first-order chi connectivity index (χ1) is 13.2. The van der Waals surface area contributed by atoms with Crippen LogP contribution in [0.2, 0.25) is 0 Å². The molecule has 152 valence electrons. The number of benzene rings is 1. The van der Waals surface area contributed by atoms with Crippen LogP contribution in [-0.4, -0.2) is 70.5 Å². The van der Waals surface area contributed by atoms with Gasteiger partial charge in [0.1, 0.15) is 0 Å². The third-order valence-electron chi connectivity index (χ3n) is 2.98. The van der Waals surface area contributed by atoms with Gasteiger partial charge in [-0.15, -0.1) is 0 Å². The molecule has 0 radical (unpaired) electrons. The van der Waals surface area contributed by atoms with Crippen LogP contribution >= 0.6 is 0 Å². The Bertz CT molecular complexity index is 629. The molecule has 0 amide bonds. The smallest absolute Gasteiger partial charge is 0.328 e. The van der Waals surface area contributed by atoms with Crippen molar-refractivity contribution < 1.29 is 39.6 Å². The van der Waals surface area contributed by atoms with E-state index in [4.69, 9.17) is 20.4 Å². The summed E-state index contributed by atoms with van der Waals surface area (Å²) >= 11 is 0. The monoisotopic (exact) mass is 394 g/mol. The summed E-state index contributed by atoms with van der Waals surface area (Å²) in [5, 5.41) is 34.6. The summed E-state index contributed by atoms with van der Waals surface area (Å²) in [4.78, 5) is 40.6. The van der Waals surface area contributed by atoms with Crippen LogP contribution in [0.5, 0.6) is 0 Å². The minimum absolute atomic E-state index is 0.558. The van der Waals surface area contributed by atoms with Gasteiger partial charge in [-0.05, 0) is 12.1 Å². The number of aliphatic carboxylic acids is 4. The molecule has 10 heteroatoms. The van der Waals surface area contributed by atoms with Crippen molar-refractivity contribution >= 4 is 29.6 Å². The zero-order chi connectivity index (χ0) is 21.4. The van der Waals surface area contributed by atoms with Crippen molar-refractivity contribution in [2.45, 2.75) is 0 Å². The van der Waals surface area contributed by atoms with Crippen LogP contribution in [0.3, 0.4) is 0 Å². The van der Waals surface area contributed by atoms with Crippen LogP contribution in [0.25, 0.3) is 0 Å². The quantitative estimate of drug-likeness (QED) is 0.445. The SMILES string of the molecule is O=C(O)C=CC(=O)O.O=C(O)C=CC(=O)O.c1ccc(N2CCNCC2)cc1. The van der Waals surface area contributed by atoms with Gasteiger partial charge in [-0.3, -0.25) is 0 Å². The normalized spacial score (nSPS) is 13.1. The van der Waals surface area contributed by atoms with Gasteiger partial charge in [-0.2, -0.15) is 0 Å². The molecule has 1 heterocycles. The highest BCUT2D eigenvalue weighted by molar-refractivity contribution is 5.90. The van der Waals surface area contributed by atoms with Gasteiger partial charge >= 0.3 is 23.9 Å². The predicted octanol–water partition coefficient (Wildman–Crippen LogP) is 0.520. The van der Waals surface area contributed by atoms with Gasteiger partial charge in [0, 0.05) is 56.2 Å². The Morgan fingerprint density at radius 1 is 0.714 bits per heavy atom. The number of carboxylic acid groups (broad SMARTS) is 4. The van der Waals surface area contributed by atoms with E-state index in [0.717, 1.165) is 26.2 Å². The number of hydrogen-bond donors (Lipinski definition) is 5. The van der Waals surface area contributed by atoms with E-state index in [9.17, 15) is 19.2 Å². The summed E-state index contributed by atoms with van der Waals surface area (Å²) in [6, 6.07) is 10.6. The van der Waals surface area contributed by atoms with Crippen molar-refractivity contribution in [2.24, 2.45) is 0 Å². The van der Waals surface area contributed by atoms with E-state index >= 15 is 0 Å². The second-order valence-electron chi connectivity index (χ2n) is 5.09. The van der Waals surface area contributed by atoms with Crippen LogP contribution in [0.15, 0.2) is 54.6 Å². The number of rotatable bonds is 5. The highest BCUT2D eigenvalue weighted by atomic mass is 16.4. The Kier molecular flexibility index (Phi) is 12.6. The molecule has 0 aliphatic carbocycles. The lowest BCUT2D eigenvalue weighted by Gasteiger charge is -2.29. The summed E-state index contributed by atoms with van der Waals surface area (Å²) in [7, 11) is 0. The molecule has 0 spiro atoms. The number of para-hydroxylation sites is 1. The molecule has 0 saturated carbocycles. The largest absolute Gasteiger partial charge is 0.478 e. The summed E-state index contributed by atoms with van der Waals surface area (Å²) < 4.78 is 0. The van der Waals surface area contributed by atoms with Crippen molar-refractivity contribution in [3.8, 4) is 0 Å². The third kappa shape index (κ3) is 14.7. The van der Waals surface area contributed by atoms with E-state index in [1.165, 1.54) is 5.69 Å². The first-order valence-electron chi connectivity index (χ1n) is 8.01. The van der Waals surface area contributed by atoms with Crippen LogP contribution in [0, 0.1) is 0 Å². The van der Waals surface area contributed by atoms with Crippen molar-refractivity contribution in [1.29, 1.82) is 0 Å². The van der Waals surface area contributed by atoms with Crippen molar-refractivity contribution in [3.63, 3.8) is 0 Å². The highest BCUT2D eigenvalue weighted by Gasteiger charge is 2.08. The molecule has 0 aromatic heterocycles. The first-order valence-corrected chi connectivity index (χ1v) is 8.01. The maximum absolute atomic E-state index is 9.55. The molecule has 0 atom stereocenters. The maximum atomic E-state index is 9.55. The zero-order valence-corrected chi connectivity index (χ0v) is 14.9. The first kappa shape index (κ1) is 24.3. The molecule has 10 nitrogen and oxygen atoms in total. The molecule has 1 saturated heterocycles. The van der Waals surface area contributed by atoms with Gasteiger partial charge in [0.25, 0.3) is 0 Å². The number of hydrogen-bond acceptors (Lipinski definition) is 6. The fraction of sp³-hybridized carbons (Fsp3) is 0.222. The van der Waals surface area contributed by atoms with Crippen molar-refractivity contribution in [2.75, 3.05) is 31.1 Å². The van der Waals surface area contributed by atoms with Crippen LogP contribution in [0.1, 0.15) is 0 Å². The fourth-order valence-electron chi connectivity index (χ4n) is 1.85. The lowest BCUT2D eigenvalue weighted by atomic mass is 10.2. The van der Waals surface area contributed by atoms with Crippen LogP contribution in [-0.2, 0) is 19.2 Å². The minimum atomic E-state index is -1.26. The lowest BCUT2D eigenvalue weighted by molar-refractivity contribution is -0.134. The van der Waals surface area contributed by atoms with E-state index in [1.54, 1.807) is 0 Å². The average molecular weight is 394 g/mol. The van der Waals surface area contributed by atoms with Gasteiger partial charge in [-0.25, -0.2) is 19.2 Å². The van der Waals surface area contributed by atoms with Gasteiger partial charge in [0.15, 0.2) is 0 Å². The topological polar surface area (TPSA) is 164 Å². The standard InChI is InChI=1S/C10H14N2.2C4H4O4/c1-2-4-10(5-3-1)12-8-6-11-7-9-12;2*5-3(6)1-2-4(7)8/h1-5,11H,6-9H2;2*1-2H,(H,5,6)(H,7,8). The molecule has 1 aliphatic rings. The molecule has 0 bridgehead atoms. The molecule has 1 aliphatic heterocycles. The number of piperazine rings is 1. The lowest BCUT2D eigenvalue weighted by Crippen LogP contribution is -2.43. The Labute approximate surface area is 161 Å². The minimum Gasteiger partial charge on any atom is -0.478 e.